The van der Waals surface area contributed by atoms with E-state index in [0.717, 1.165) is 28.1 Å². The van der Waals surface area contributed by atoms with E-state index in [1.54, 1.807) is 11.3 Å². The normalized spacial score (nSPS) is 21.8. The molecular weight excluding hydrogens is 520 g/mol. The lowest BCUT2D eigenvalue weighted by Gasteiger charge is -2.36. The Morgan fingerprint density at radius 2 is 1.95 bits per heavy atom. The molecule has 7 nitrogen and oxygen atoms in total. The number of carbonyl (C=O) groups excluding carboxylic acids is 2. The molecule has 1 aliphatic heterocycles. The fourth-order valence-corrected chi connectivity index (χ4v) is 7.65. The molecule has 1 aliphatic carbocycles. The highest BCUT2D eigenvalue weighted by Gasteiger charge is 2.36. The number of allylic oxidation sites excluding steroid dienone is 1. The van der Waals surface area contributed by atoms with E-state index in [4.69, 9.17) is 9.72 Å². The fraction of sp³-hybridized carbons (Fsp3) is 0.414. The number of esters is 1. The standard InChI is InChI=1S/C29H32N2O5S2/c1-29(2,3)19-13-18(14-21-7-6-11-37-21)27-23(15-19)26(22-8-4-5-9-24(22)31-27)28(33)36-16-25(32)30-20-10-12-38(34,35)17-20/h4-9,11,14,19-20H,10,12-13,15-17H2,1-3H3,(H,30,32). The van der Waals surface area contributed by atoms with Crippen molar-refractivity contribution in [3.05, 3.63) is 63.5 Å². The Morgan fingerprint density at radius 3 is 2.63 bits per heavy atom. The molecule has 1 N–H and O–H groups in total. The van der Waals surface area contributed by atoms with Gasteiger partial charge < -0.3 is 10.1 Å². The number of hydrogen-bond donors (Lipinski definition) is 1. The second-order valence-electron chi connectivity index (χ2n) is 11.2. The number of thiophene rings is 1. The number of carbonyl (C=O) groups is 2. The van der Waals surface area contributed by atoms with Gasteiger partial charge in [0.05, 0.1) is 28.3 Å². The lowest BCUT2D eigenvalue weighted by Crippen LogP contribution is -2.38. The summed E-state index contributed by atoms with van der Waals surface area (Å²) < 4.78 is 29.0. The molecule has 2 aromatic heterocycles. The van der Waals surface area contributed by atoms with Gasteiger partial charge in [-0.15, -0.1) is 11.3 Å². The van der Waals surface area contributed by atoms with Crippen molar-refractivity contribution in [2.24, 2.45) is 11.3 Å². The van der Waals surface area contributed by atoms with Crippen LogP contribution in [0.2, 0.25) is 0 Å². The maximum Gasteiger partial charge on any atom is 0.339 e. The highest BCUT2D eigenvalue weighted by atomic mass is 32.2. The zero-order valence-electron chi connectivity index (χ0n) is 21.8. The van der Waals surface area contributed by atoms with Gasteiger partial charge in [0.25, 0.3) is 5.91 Å². The summed E-state index contributed by atoms with van der Waals surface area (Å²) in [5, 5.41) is 5.42. The summed E-state index contributed by atoms with van der Waals surface area (Å²) in [6.07, 6.45) is 4.06. The first kappa shape index (κ1) is 26.6. The predicted molar refractivity (Wildman–Crippen MR) is 151 cm³/mol. The Balaban J connectivity index is 1.50. The van der Waals surface area contributed by atoms with Crippen LogP contribution >= 0.6 is 11.3 Å². The van der Waals surface area contributed by atoms with Crippen LogP contribution in [0.5, 0.6) is 0 Å². The number of rotatable bonds is 5. The lowest BCUT2D eigenvalue weighted by atomic mass is 9.69. The van der Waals surface area contributed by atoms with Gasteiger partial charge in [0.2, 0.25) is 0 Å². The third-order valence-corrected chi connectivity index (χ3v) is 10.0. The third-order valence-electron chi connectivity index (χ3n) is 7.43. The highest BCUT2D eigenvalue weighted by Crippen LogP contribution is 2.45. The molecule has 0 saturated carbocycles. The van der Waals surface area contributed by atoms with Crippen LogP contribution in [-0.4, -0.2) is 49.4 Å². The first-order valence-corrected chi connectivity index (χ1v) is 15.5. The first-order chi connectivity index (χ1) is 18.0. The second-order valence-corrected chi connectivity index (χ2v) is 14.4. The van der Waals surface area contributed by atoms with E-state index in [1.807, 2.05) is 35.7 Å². The first-order valence-electron chi connectivity index (χ1n) is 12.8. The monoisotopic (exact) mass is 552 g/mol. The highest BCUT2D eigenvalue weighted by molar-refractivity contribution is 7.91. The van der Waals surface area contributed by atoms with Gasteiger partial charge in [0.15, 0.2) is 16.4 Å². The van der Waals surface area contributed by atoms with Gasteiger partial charge in [0, 0.05) is 16.3 Å². The number of nitrogens with zero attached hydrogens (tertiary/aromatic N) is 1. The largest absolute Gasteiger partial charge is 0.452 e. The maximum atomic E-state index is 13.6. The summed E-state index contributed by atoms with van der Waals surface area (Å²) in [7, 11) is -3.13. The van der Waals surface area contributed by atoms with Crippen molar-refractivity contribution in [3.8, 4) is 0 Å². The molecule has 9 heteroatoms. The van der Waals surface area contributed by atoms with Crippen molar-refractivity contribution in [1.82, 2.24) is 10.3 Å². The van der Waals surface area contributed by atoms with E-state index < -0.39 is 34.4 Å². The molecule has 5 rings (SSSR count). The minimum atomic E-state index is -3.13. The van der Waals surface area contributed by atoms with Crippen molar-refractivity contribution in [2.75, 3.05) is 18.1 Å². The molecule has 3 aromatic rings. The van der Waals surface area contributed by atoms with Crippen LogP contribution in [0.4, 0.5) is 0 Å². The summed E-state index contributed by atoms with van der Waals surface area (Å²) >= 11 is 1.66. The Hall–Kier alpha value is -3.04. The Labute approximate surface area is 227 Å². The van der Waals surface area contributed by atoms with E-state index in [9.17, 15) is 18.0 Å². The van der Waals surface area contributed by atoms with Gasteiger partial charge in [-0.2, -0.15) is 0 Å². The lowest BCUT2D eigenvalue weighted by molar-refractivity contribution is -0.124. The van der Waals surface area contributed by atoms with Crippen LogP contribution in [0, 0.1) is 11.3 Å². The number of benzene rings is 1. The number of pyridine rings is 1. The Bertz CT molecular complexity index is 1520. The zero-order valence-corrected chi connectivity index (χ0v) is 23.5. The number of ether oxygens (including phenoxy) is 1. The van der Waals surface area contributed by atoms with Crippen molar-refractivity contribution in [3.63, 3.8) is 0 Å². The number of hydrogen-bond acceptors (Lipinski definition) is 7. The molecule has 38 heavy (non-hydrogen) atoms. The second kappa shape index (κ2) is 10.3. The molecule has 200 valence electrons. The van der Waals surface area contributed by atoms with Crippen molar-refractivity contribution >= 4 is 55.6 Å². The van der Waals surface area contributed by atoms with Gasteiger partial charge in [-0.3, -0.25) is 4.79 Å². The number of amides is 1. The average Bonchev–Trinajstić information content (AvgIpc) is 3.49. The molecule has 0 radical (unpaired) electrons. The van der Waals surface area contributed by atoms with Crippen LogP contribution in [0.15, 0.2) is 41.8 Å². The van der Waals surface area contributed by atoms with Gasteiger partial charge in [-0.25, -0.2) is 18.2 Å². The van der Waals surface area contributed by atoms with Gasteiger partial charge in [-0.1, -0.05) is 45.0 Å². The van der Waals surface area contributed by atoms with Crippen LogP contribution in [-0.2, 0) is 25.8 Å². The number of aromatic nitrogens is 1. The third kappa shape index (κ3) is 5.68. The van der Waals surface area contributed by atoms with Crippen LogP contribution < -0.4 is 5.32 Å². The summed E-state index contributed by atoms with van der Waals surface area (Å²) in [5.74, 6) is -0.813. The molecule has 0 spiro atoms. The molecule has 1 aromatic carbocycles. The fourth-order valence-electron chi connectivity index (χ4n) is 5.30. The van der Waals surface area contributed by atoms with Crippen LogP contribution in [0.1, 0.15) is 60.1 Å². The average molecular weight is 553 g/mol. The molecule has 1 saturated heterocycles. The van der Waals surface area contributed by atoms with Gasteiger partial charge >= 0.3 is 5.97 Å². The minimum Gasteiger partial charge on any atom is -0.452 e. The van der Waals surface area contributed by atoms with E-state index in [1.165, 1.54) is 0 Å². The van der Waals surface area contributed by atoms with Crippen LogP contribution in [0.3, 0.4) is 0 Å². The van der Waals surface area contributed by atoms with Crippen LogP contribution in [0.25, 0.3) is 22.6 Å². The summed E-state index contributed by atoms with van der Waals surface area (Å²) in [5.41, 5.74) is 3.90. The smallest absolute Gasteiger partial charge is 0.339 e. The number of nitrogens with one attached hydrogen (secondary N) is 1. The van der Waals surface area contributed by atoms with E-state index in [0.29, 0.717) is 29.3 Å². The molecule has 1 amide bonds. The number of para-hydroxylation sites is 1. The van der Waals surface area contributed by atoms with E-state index in [-0.39, 0.29) is 22.8 Å². The quantitative estimate of drug-likeness (QED) is 0.452. The van der Waals surface area contributed by atoms with E-state index in [2.05, 4.69) is 38.2 Å². The zero-order chi connectivity index (χ0) is 27.1. The number of sulfone groups is 1. The Kier molecular flexibility index (Phi) is 7.17. The van der Waals surface area contributed by atoms with Gasteiger partial charge in [-0.05, 0) is 65.3 Å². The molecule has 2 atom stereocenters. The Morgan fingerprint density at radius 1 is 1.16 bits per heavy atom. The topological polar surface area (TPSA) is 102 Å². The molecule has 0 bridgehead atoms. The maximum absolute atomic E-state index is 13.6. The SMILES string of the molecule is CC(C)(C)C1CC(=Cc2cccs2)c2nc3ccccc3c(C(=O)OCC(=O)NC3CCS(=O)(=O)C3)c2C1. The van der Waals surface area contributed by atoms with Crippen molar-refractivity contribution < 1.29 is 22.7 Å². The summed E-state index contributed by atoms with van der Waals surface area (Å²) in [4.78, 5) is 32.3. The van der Waals surface area contributed by atoms with Gasteiger partial charge in [0.1, 0.15) is 0 Å². The molecular formula is C29H32N2O5S2. The molecule has 2 unspecified atom stereocenters. The molecule has 1 fully saturated rings. The van der Waals surface area contributed by atoms with Crippen molar-refractivity contribution in [1.29, 1.82) is 0 Å². The summed E-state index contributed by atoms with van der Waals surface area (Å²) in [6, 6.07) is 11.2. The van der Waals surface area contributed by atoms with Crippen molar-refractivity contribution in [2.45, 2.75) is 46.1 Å². The predicted octanol–water partition coefficient (Wildman–Crippen LogP) is 4.91. The minimum absolute atomic E-state index is 0.000550. The number of fused-ring (bicyclic) bond motifs is 2. The molecule has 2 aliphatic rings. The molecule has 3 heterocycles. The van der Waals surface area contributed by atoms with E-state index >= 15 is 0 Å². The summed E-state index contributed by atoms with van der Waals surface area (Å²) in [6.45, 7) is 6.17.